The second-order valence-electron chi connectivity index (χ2n) is 3.97. The molecule has 0 radical (unpaired) electrons. The fraction of sp³-hybridized carbons (Fsp3) is 0.400. The first-order valence-corrected chi connectivity index (χ1v) is 6.25. The maximum absolute atomic E-state index is 11.4. The largest absolute Gasteiger partial charge is 0.494 e. The van der Waals surface area contributed by atoms with E-state index in [0.717, 1.165) is 24.3 Å². The number of esters is 1. The molecule has 98 valence electrons. The third-order valence-corrected chi connectivity index (χ3v) is 2.33. The van der Waals surface area contributed by atoms with E-state index in [1.807, 2.05) is 30.3 Å². The van der Waals surface area contributed by atoms with Crippen molar-refractivity contribution in [2.75, 3.05) is 13.2 Å². The summed E-state index contributed by atoms with van der Waals surface area (Å²) >= 11 is 0. The molecular weight excluding hydrogens is 228 g/mol. The molecule has 3 nitrogen and oxygen atoms in total. The number of benzene rings is 1. The molecule has 0 aliphatic rings. The van der Waals surface area contributed by atoms with Crippen LogP contribution in [0.15, 0.2) is 29.8 Å². The lowest BCUT2D eigenvalue weighted by Crippen LogP contribution is -2.04. The second kappa shape index (κ2) is 7.54. The Hall–Kier alpha value is -1.77. The van der Waals surface area contributed by atoms with E-state index in [1.165, 1.54) is 0 Å². The lowest BCUT2D eigenvalue weighted by atomic mass is 10.1. The Balaban J connectivity index is 2.67. The summed E-state index contributed by atoms with van der Waals surface area (Å²) in [5.74, 6) is 0.576. The average molecular weight is 248 g/mol. The van der Waals surface area contributed by atoms with Gasteiger partial charge in [-0.25, -0.2) is 4.79 Å². The maximum atomic E-state index is 11.4. The number of hydrogen-bond acceptors (Lipinski definition) is 3. The third kappa shape index (κ3) is 4.62. The van der Waals surface area contributed by atoms with Crippen LogP contribution in [-0.4, -0.2) is 19.2 Å². The molecule has 0 aliphatic carbocycles. The minimum absolute atomic E-state index is 0.274. The summed E-state index contributed by atoms with van der Waals surface area (Å²) in [6, 6.07) is 7.65. The molecule has 0 aliphatic heterocycles. The van der Waals surface area contributed by atoms with Crippen LogP contribution in [0.4, 0.5) is 0 Å². The topological polar surface area (TPSA) is 35.5 Å². The van der Waals surface area contributed by atoms with Gasteiger partial charge in [0.15, 0.2) is 0 Å². The van der Waals surface area contributed by atoms with Crippen molar-refractivity contribution in [3.63, 3.8) is 0 Å². The van der Waals surface area contributed by atoms with E-state index >= 15 is 0 Å². The monoisotopic (exact) mass is 248 g/mol. The second-order valence-corrected chi connectivity index (χ2v) is 3.97. The molecule has 0 aromatic heterocycles. The van der Waals surface area contributed by atoms with Crippen molar-refractivity contribution in [1.29, 1.82) is 0 Å². The highest BCUT2D eigenvalue weighted by Crippen LogP contribution is 2.15. The van der Waals surface area contributed by atoms with Crippen LogP contribution < -0.4 is 4.74 Å². The molecule has 0 bridgehead atoms. The predicted molar refractivity (Wildman–Crippen MR) is 72.5 cm³/mol. The predicted octanol–water partition coefficient (Wildman–Crippen LogP) is 3.44. The minimum Gasteiger partial charge on any atom is -0.494 e. The summed E-state index contributed by atoms with van der Waals surface area (Å²) in [4.78, 5) is 11.4. The average Bonchev–Trinajstić information content (AvgIpc) is 2.38. The van der Waals surface area contributed by atoms with E-state index < -0.39 is 0 Å². The van der Waals surface area contributed by atoms with Gasteiger partial charge in [0.05, 0.1) is 13.2 Å². The van der Waals surface area contributed by atoms with Gasteiger partial charge in [0.25, 0.3) is 0 Å². The van der Waals surface area contributed by atoms with Crippen LogP contribution in [-0.2, 0) is 9.53 Å². The molecule has 0 saturated heterocycles. The van der Waals surface area contributed by atoms with E-state index in [0.29, 0.717) is 12.2 Å². The molecule has 0 fully saturated rings. The van der Waals surface area contributed by atoms with Crippen LogP contribution in [0.5, 0.6) is 5.75 Å². The molecular formula is C15H20O3. The zero-order valence-electron chi connectivity index (χ0n) is 11.2. The number of ether oxygens (including phenoxy) is 2. The Morgan fingerprint density at radius 1 is 1.22 bits per heavy atom. The molecule has 0 heterocycles. The van der Waals surface area contributed by atoms with Crippen molar-refractivity contribution >= 4 is 12.0 Å². The molecule has 18 heavy (non-hydrogen) atoms. The molecule has 1 aromatic rings. The highest BCUT2D eigenvalue weighted by Gasteiger charge is 2.04. The van der Waals surface area contributed by atoms with Crippen LogP contribution in [0.25, 0.3) is 6.08 Å². The lowest BCUT2D eigenvalue weighted by Gasteiger charge is -2.05. The van der Waals surface area contributed by atoms with Crippen molar-refractivity contribution in [3.05, 3.63) is 35.4 Å². The fourth-order valence-electron chi connectivity index (χ4n) is 1.43. The summed E-state index contributed by atoms with van der Waals surface area (Å²) in [5.41, 5.74) is 1.56. The molecule has 0 N–H and O–H groups in total. The van der Waals surface area contributed by atoms with Crippen molar-refractivity contribution in [2.45, 2.75) is 27.2 Å². The quantitative estimate of drug-likeness (QED) is 0.571. The van der Waals surface area contributed by atoms with Crippen molar-refractivity contribution in [3.8, 4) is 5.75 Å². The Labute approximate surface area is 108 Å². The Morgan fingerprint density at radius 2 is 1.89 bits per heavy atom. The van der Waals surface area contributed by atoms with Gasteiger partial charge in [-0.1, -0.05) is 19.1 Å². The first-order valence-electron chi connectivity index (χ1n) is 6.25. The summed E-state index contributed by atoms with van der Waals surface area (Å²) in [6.07, 6.45) is 2.80. The Morgan fingerprint density at radius 3 is 2.44 bits per heavy atom. The van der Waals surface area contributed by atoms with Crippen molar-refractivity contribution in [2.24, 2.45) is 0 Å². The first kappa shape index (κ1) is 14.3. The zero-order valence-corrected chi connectivity index (χ0v) is 11.2. The normalized spacial score (nSPS) is 11.2. The molecule has 0 saturated carbocycles. The van der Waals surface area contributed by atoms with Crippen LogP contribution in [0.3, 0.4) is 0 Å². The van der Waals surface area contributed by atoms with Gasteiger partial charge < -0.3 is 9.47 Å². The van der Waals surface area contributed by atoms with Gasteiger partial charge >= 0.3 is 5.97 Å². The van der Waals surface area contributed by atoms with E-state index in [4.69, 9.17) is 9.47 Å². The van der Waals surface area contributed by atoms with Crippen LogP contribution in [0.2, 0.25) is 0 Å². The molecule has 0 amide bonds. The Kier molecular flexibility index (Phi) is 5.98. The first-order chi connectivity index (χ1) is 8.67. The lowest BCUT2D eigenvalue weighted by molar-refractivity contribution is -0.138. The standard InChI is InChI=1S/C15H20O3/c1-4-10-18-14-8-6-13(7-9-14)11-12(3)15(16)17-5-2/h6-9,11H,4-5,10H2,1-3H3/b12-11+. The number of carbonyl (C=O) groups is 1. The van der Waals surface area contributed by atoms with Gasteiger partial charge in [-0.15, -0.1) is 0 Å². The van der Waals surface area contributed by atoms with E-state index in [1.54, 1.807) is 13.8 Å². The van der Waals surface area contributed by atoms with Crippen molar-refractivity contribution < 1.29 is 14.3 Å². The zero-order chi connectivity index (χ0) is 13.4. The summed E-state index contributed by atoms with van der Waals surface area (Å²) in [5, 5.41) is 0. The molecule has 3 heteroatoms. The highest BCUT2D eigenvalue weighted by atomic mass is 16.5. The molecule has 0 atom stereocenters. The molecule has 1 rings (SSSR count). The number of rotatable bonds is 6. The van der Waals surface area contributed by atoms with Gasteiger partial charge in [0.2, 0.25) is 0 Å². The van der Waals surface area contributed by atoms with Gasteiger partial charge in [-0.2, -0.15) is 0 Å². The van der Waals surface area contributed by atoms with E-state index in [9.17, 15) is 4.79 Å². The van der Waals surface area contributed by atoms with E-state index in [2.05, 4.69) is 6.92 Å². The number of hydrogen-bond donors (Lipinski definition) is 0. The molecule has 0 unspecified atom stereocenters. The maximum Gasteiger partial charge on any atom is 0.333 e. The summed E-state index contributed by atoms with van der Waals surface area (Å²) in [6.45, 7) is 6.73. The molecule has 0 spiro atoms. The van der Waals surface area contributed by atoms with Gasteiger partial charge in [-0.3, -0.25) is 0 Å². The third-order valence-electron chi connectivity index (χ3n) is 2.33. The smallest absolute Gasteiger partial charge is 0.333 e. The van der Waals surface area contributed by atoms with E-state index in [-0.39, 0.29) is 5.97 Å². The molecule has 1 aromatic carbocycles. The van der Waals surface area contributed by atoms with Gasteiger partial charge in [0.1, 0.15) is 5.75 Å². The Bertz CT molecular complexity index is 404. The SMILES string of the molecule is CCCOc1ccc(/C=C(\C)C(=O)OCC)cc1. The van der Waals surface area contributed by atoms with Crippen molar-refractivity contribution in [1.82, 2.24) is 0 Å². The summed E-state index contributed by atoms with van der Waals surface area (Å²) in [7, 11) is 0. The van der Waals surface area contributed by atoms with Gasteiger partial charge in [-0.05, 0) is 44.0 Å². The van der Waals surface area contributed by atoms with Crippen LogP contribution >= 0.6 is 0 Å². The summed E-state index contributed by atoms with van der Waals surface area (Å²) < 4.78 is 10.4. The highest BCUT2D eigenvalue weighted by molar-refractivity contribution is 5.92. The van der Waals surface area contributed by atoms with Gasteiger partial charge in [0, 0.05) is 5.57 Å². The minimum atomic E-state index is -0.274. The fourth-order valence-corrected chi connectivity index (χ4v) is 1.43. The van der Waals surface area contributed by atoms with Crippen LogP contribution in [0.1, 0.15) is 32.8 Å². The van der Waals surface area contributed by atoms with Crippen LogP contribution in [0, 0.1) is 0 Å². The number of carbonyl (C=O) groups excluding carboxylic acids is 1.